The smallest absolute Gasteiger partial charge is 0.241 e. The third kappa shape index (κ3) is 3.28. The number of nitriles is 1. The zero-order valence-electron chi connectivity index (χ0n) is 18.8. The molecule has 6 rings (SSSR count). The van der Waals surface area contributed by atoms with Gasteiger partial charge in [0.2, 0.25) is 17.6 Å². The van der Waals surface area contributed by atoms with E-state index in [1.807, 2.05) is 6.07 Å². The van der Waals surface area contributed by atoms with Crippen LogP contribution in [0.1, 0.15) is 42.9 Å². The van der Waals surface area contributed by atoms with Gasteiger partial charge in [0, 0.05) is 31.2 Å². The number of hydrogen-bond donors (Lipinski definition) is 2. The number of rotatable bonds is 5. The summed E-state index contributed by atoms with van der Waals surface area (Å²) in [5, 5.41) is 23.5. The van der Waals surface area contributed by atoms with E-state index in [-0.39, 0.29) is 36.0 Å². The lowest BCUT2D eigenvalue weighted by atomic mass is 10.0. The van der Waals surface area contributed by atoms with E-state index in [0.717, 1.165) is 37.8 Å². The predicted molar refractivity (Wildman–Crippen MR) is 120 cm³/mol. The van der Waals surface area contributed by atoms with E-state index in [2.05, 4.69) is 48.6 Å². The number of aromatic nitrogens is 4. The number of benzene rings is 1. The highest BCUT2D eigenvalue weighted by atomic mass is 16.2. The molecule has 2 bridgehead atoms. The first-order valence-electron chi connectivity index (χ1n) is 11.9. The van der Waals surface area contributed by atoms with Gasteiger partial charge in [-0.1, -0.05) is 12.1 Å². The Hall–Kier alpha value is -3.36. The summed E-state index contributed by atoms with van der Waals surface area (Å²) in [6.45, 7) is 1.66. The summed E-state index contributed by atoms with van der Waals surface area (Å²) in [5.41, 5.74) is 9.61. The molecule has 3 N–H and O–H groups in total. The second-order valence-corrected chi connectivity index (χ2v) is 9.73. The molecule has 1 unspecified atom stereocenters. The number of H-pyrrole nitrogens is 1. The molecule has 3 fully saturated rings. The van der Waals surface area contributed by atoms with Crippen molar-refractivity contribution in [3.8, 4) is 17.5 Å². The predicted octanol–water partition coefficient (Wildman–Crippen LogP) is -0.0190. The minimum Gasteiger partial charge on any atom is -0.330 e. The SMILES string of the molecule is N#CC1CCCN1C(=O)[C@@H](N)CN1C[C@@H]2C[C@H]1C(=O)N2[C@H]1CCc2cc(-c3nn[nH]n3)ccc21. The fourth-order valence-corrected chi connectivity index (χ4v) is 6.32. The molecule has 0 saturated carbocycles. The van der Waals surface area contributed by atoms with Crippen molar-refractivity contribution >= 4 is 11.8 Å². The zero-order chi connectivity index (χ0) is 23.4. The quantitative estimate of drug-likeness (QED) is 0.631. The number of nitrogens with zero attached hydrogens (tertiary/aromatic N) is 7. The second kappa shape index (κ2) is 8.14. The molecule has 2 aromatic rings. The largest absolute Gasteiger partial charge is 0.330 e. The number of nitrogens with two attached hydrogens (primary N) is 1. The Balaban J connectivity index is 1.13. The van der Waals surface area contributed by atoms with E-state index in [0.29, 0.717) is 25.3 Å². The molecule has 11 nitrogen and oxygen atoms in total. The summed E-state index contributed by atoms with van der Waals surface area (Å²) in [5.74, 6) is 0.518. The lowest BCUT2D eigenvalue weighted by Crippen LogP contribution is -2.56. The molecule has 0 spiro atoms. The van der Waals surface area contributed by atoms with Crippen molar-refractivity contribution in [2.45, 2.75) is 62.3 Å². The molecule has 2 amide bonds. The van der Waals surface area contributed by atoms with Crippen LogP contribution in [0.3, 0.4) is 0 Å². The van der Waals surface area contributed by atoms with Crippen molar-refractivity contribution in [2.75, 3.05) is 19.6 Å². The van der Waals surface area contributed by atoms with E-state index in [1.165, 1.54) is 11.1 Å². The van der Waals surface area contributed by atoms with Crippen LogP contribution in [0.4, 0.5) is 0 Å². The lowest BCUT2D eigenvalue weighted by molar-refractivity contribution is -0.141. The monoisotopic (exact) mass is 461 g/mol. The van der Waals surface area contributed by atoms with Crippen molar-refractivity contribution < 1.29 is 9.59 Å². The standard InChI is InChI=1S/C23H27N9O2/c24-10-15-2-1-7-31(15)22(33)18(25)12-30-11-16-9-20(30)23(34)32(16)19-6-4-13-8-14(3-5-17(13)19)21-26-28-29-27-21/h3,5,8,15-16,18-20H,1-2,4,6-7,9,11-12,25H2,(H,26,27,28,29)/t15?,16-,18-,19-,20-/m0/s1. The Bertz CT molecular complexity index is 1160. The average molecular weight is 462 g/mol. The summed E-state index contributed by atoms with van der Waals surface area (Å²) in [6.07, 6.45) is 4.12. The maximum Gasteiger partial charge on any atom is 0.241 e. The molecule has 0 radical (unpaired) electrons. The Morgan fingerprint density at radius 3 is 2.97 bits per heavy atom. The molecular weight excluding hydrogens is 434 g/mol. The van der Waals surface area contributed by atoms with Crippen molar-refractivity contribution in [2.24, 2.45) is 5.73 Å². The number of nitrogens with one attached hydrogen (secondary N) is 1. The van der Waals surface area contributed by atoms with Gasteiger partial charge >= 0.3 is 0 Å². The Morgan fingerprint density at radius 2 is 2.21 bits per heavy atom. The highest BCUT2D eigenvalue weighted by molar-refractivity contribution is 5.87. The van der Waals surface area contributed by atoms with Gasteiger partial charge in [-0.05, 0) is 54.5 Å². The number of carbonyl (C=O) groups is 2. The topological polar surface area (TPSA) is 148 Å². The molecule has 34 heavy (non-hydrogen) atoms. The fourth-order valence-electron chi connectivity index (χ4n) is 6.32. The van der Waals surface area contributed by atoms with Crippen LogP contribution in [0.25, 0.3) is 11.4 Å². The second-order valence-electron chi connectivity index (χ2n) is 9.73. The normalized spacial score (nSPS) is 29.0. The first-order chi connectivity index (χ1) is 16.5. The van der Waals surface area contributed by atoms with E-state index in [9.17, 15) is 14.9 Å². The van der Waals surface area contributed by atoms with Gasteiger partial charge in [-0.3, -0.25) is 14.5 Å². The number of carbonyl (C=O) groups excluding carboxylic acids is 2. The third-order valence-corrected chi connectivity index (χ3v) is 7.88. The van der Waals surface area contributed by atoms with Crippen LogP contribution in [0.5, 0.6) is 0 Å². The molecule has 1 aromatic heterocycles. The number of piperazine rings is 1. The molecule has 5 atom stereocenters. The number of hydrogen-bond acceptors (Lipinski definition) is 8. The van der Waals surface area contributed by atoms with E-state index in [1.54, 1.807) is 4.90 Å². The van der Waals surface area contributed by atoms with Crippen LogP contribution in [0.15, 0.2) is 18.2 Å². The number of aryl methyl sites for hydroxylation is 1. The number of fused-ring (bicyclic) bond motifs is 3. The van der Waals surface area contributed by atoms with Gasteiger partial charge in [0.05, 0.1) is 24.2 Å². The van der Waals surface area contributed by atoms with Crippen molar-refractivity contribution in [1.29, 1.82) is 5.26 Å². The first kappa shape index (κ1) is 21.2. The third-order valence-electron chi connectivity index (χ3n) is 7.88. The fraction of sp³-hybridized carbons (Fsp3) is 0.565. The summed E-state index contributed by atoms with van der Waals surface area (Å²) in [6, 6.07) is 7.26. The van der Waals surface area contributed by atoms with Gasteiger partial charge in [-0.15, -0.1) is 10.2 Å². The van der Waals surface area contributed by atoms with E-state index < -0.39 is 6.04 Å². The Labute approximate surface area is 196 Å². The van der Waals surface area contributed by atoms with Gasteiger partial charge < -0.3 is 15.5 Å². The van der Waals surface area contributed by atoms with Crippen LogP contribution in [0.2, 0.25) is 0 Å². The minimum absolute atomic E-state index is 0.0789. The zero-order valence-corrected chi connectivity index (χ0v) is 18.8. The minimum atomic E-state index is -0.717. The first-order valence-corrected chi connectivity index (χ1v) is 11.9. The van der Waals surface area contributed by atoms with E-state index in [4.69, 9.17) is 5.73 Å². The van der Waals surface area contributed by atoms with Crippen LogP contribution in [-0.4, -0.2) is 90.9 Å². The summed E-state index contributed by atoms with van der Waals surface area (Å²) in [7, 11) is 0. The molecule has 1 aliphatic carbocycles. The summed E-state index contributed by atoms with van der Waals surface area (Å²) >= 11 is 0. The van der Waals surface area contributed by atoms with Crippen LogP contribution < -0.4 is 5.73 Å². The molecule has 1 aromatic carbocycles. The van der Waals surface area contributed by atoms with Crippen molar-refractivity contribution in [3.63, 3.8) is 0 Å². The van der Waals surface area contributed by atoms with Gasteiger partial charge in [-0.2, -0.15) is 10.5 Å². The molecule has 3 aliphatic heterocycles. The maximum atomic E-state index is 13.4. The highest BCUT2D eigenvalue weighted by Gasteiger charge is 2.53. The summed E-state index contributed by atoms with van der Waals surface area (Å²) in [4.78, 5) is 32.0. The van der Waals surface area contributed by atoms with Crippen LogP contribution >= 0.6 is 0 Å². The molecule has 11 heteroatoms. The molecular formula is C23H27N9O2. The highest BCUT2D eigenvalue weighted by Crippen LogP contribution is 2.44. The molecule has 3 saturated heterocycles. The summed E-state index contributed by atoms with van der Waals surface area (Å²) < 4.78 is 0. The number of aromatic amines is 1. The molecule has 4 heterocycles. The van der Waals surface area contributed by atoms with E-state index >= 15 is 0 Å². The van der Waals surface area contributed by atoms with Gasteiger partial charge in [0.25, 0.3) is 0 Å². The van der Waals surface area contributed by atoms with Gasteiger partial charge in [-0.25, -0.2) is 0 Å². The maximum absolute atomic E-state index is 13.4. The lowest BCUT2D eigenvalue weighted by Gasteiger charge is -2.38. The average Bonchev–Trinajstić information content (AvgIpc) is 3.66. The van der Waals surface area contributed by atoms with Crippen molar-refractivity contribution in [1.82, 2.24) is 35.3 Å². The van der Waals surface area contributed by atoms with Crippen molar-refractivity contribution in [3.05, 3.63) is 29.3 Å². The number of tetrazole rings is 1. The molecule has 4 aliphatic rings. The number of likely N-dealkylation sites (tertiary alicyclic amines) is 3. The Kier molecular flexibility index (Phi) is 5.08. The van der Waals surface area contributed by atoms with Gasteiger partial charge in [0.1, 0.15) is 6.04 Å². The molecule has 176 valence electrons. The van der Waals surface area contributed by atoms with Crippen LogP contribution in [0, 0.1) is 11.3 Å². The number of amides is 2. The van der Waals surface area contributed by atoms with Crippen LogP contribution in [-0.2, 0) is 16.0 Å². The Morgan fingerprint density at radius 1 is 1.32 bits per heavy atom. The van der Waals surface area contributed by atoms with Gasteiger partial charge in [0.15, 0.2) is 0 Å².